The number of anilines is 2. The van der Waals surface area contributed by atoms with E-state index in [1.165, 1.54) is 23.8 Å². The molecule has 1 aromatic rings. The molecule has 3 rings (SSSR count). The smallest absolute Gasteiger partial charge is 0.414 e. The molecule has 2 heterocycles. The average molecular weight is 502 g/mol. The van der Waals surface area contributed by atoms with Crippen molar-refractivity contribution in [2.75, 3.05) is 62.8 Å². The summed E-state index contributed by atoms with van der Waals surface area (Å²) in [7, 11) is 1.34. The molecule has 14 heteroatoms. The van der Waals surface area contributed by atoms with Crippen LogP contribution in [0.4, 0.5) is 29.7 Å². The number of nitrogens with zero attached hydrogens (tertiary/aromatic N) is 4. The number of piperazine rings is 1. The van der Waals surface area contributed by atoms with Crippen LogP contribution in [0.5, 0.6) is 0 Å². The topological polar surface area (TPSA) is 109 Å². The Morgan fingerprint density at radius 3 is 2.35 bits per heavy atom. The zero-order valence-electron chi connectivity index (χ0n) is 18.5. The van der Waals surface area contributed by atoms with Crippen LogP contribution in [0.15, 0.2) is 12.1 Å². The second-order valence-electron chi connectivity index (χ2n) is 7.60. The number of amides is 3. The number of hydrogen-bond donors (Lipinski definition) is 1. The Hall–Kier alpha value is -3.13. The van der Waals surface area contributed by atoms with Crippen LogP contribution in [0, 0.1) is 11.6 Å². The van der Waals surface area contributed by atoms with Crippen LogP contribution in [0.25, 0.3) is 0 Å². The van der Waals surface area contributed by atoms with Crippen LogP contribution in [-0.2, 0) is 23.9 Å². The maximum absolute atomic E-state index is 14.9. The first-order chi connectivity index (χ1) is 16.1. The van der Waals surface area contributed by atoms with Gasteiger partial charge in [-0.3, -0.25) is 24.1 Å². The first-order valence-corrected chi connectivity index (χ1v) is 10.7. The van der Waals surface area contributed by atoms with Gasteiger partial charge in [0.1, 0.15) is 18.4 Å². The van der Waals surface area contributed by atoms with Crippen LogP contribution in [0.3, 0.4) is 0 Å². The minimum Gasteiger partial charge on any atom is -0.456 e. The minimum atomic E-state index is -0.873. The van der Waals surface area contributed by atoms with Crippen LogP contribution in [-0.4, -0.2) is 92.3 Å². The van der Waals surface area contributed by atoms with Gasteiger partial charge in [-0.05, 0) is 0 Å². The summed E-state index contributed by atoms with van der Waals surface area (Å²) in [6.45, 7) is 1.37. The van der Waals surface area contributed by atoms with E-state index in [-0.39, 0.29) is 63.2 Å². The van der Waals surface area contributed by atoms with E-state index in [0.29, 0.717) is 0 Å². The molecule has 0 N–H and O–H groups in total. The van der Waals surface area contributed by atoms with E-state index >= 15 is 0 Å². The molecule has 2 aliphatic rings. The molecule has 2 aliphatic heterocycles. The van der Waals surface area contributed by atoms with Gasteiger partial charge in [0.05, 0.1) is 12.2 Å². The number of halogens is 2. The van der Waals surface area contributed by atoms with Crippen LogP contribution < -0.4 is 9.80 Å². The van der Waals surface area contributed by atoms with Gasteiger partial charge in [0.2, 0.25) is 0 Å². The van der Waals surface area contributed by atoms with Gasteiger partial charge < -0.3 is 19.3 Å². The summed E-state index contributed by atoms with van der Waals surface area (Å²) in [5.41, 5.74) is -0.294. The number of hydroxylamine groups is 2. The number of carbonyl (C=O) groups excluding carboxylic acids is 4. The first-order valence-electron chi connectivity index (χ1n) is 10.3. The Balaban J connectivity index is 1.62. The van der Waals surface area contributed by atoms with Crippen molar-refractivity contribution in [1.82, 2.24) is 9.96 Å². The average Bonchev–Trinajstić information content (AvgIpc) is 3.16. The number of hydrogen-bond acceptors (Lipinski definition) is 8. The maximum atomic E-state index is 14.9. The molecule has 1 aromatic carbocycles. The maximum Gasteiger partial charge on any atom is 0.414 e. The molecule has 0 aromatic heterocycles. The summed E-state index contributed by atoms with van der Waals surface area (Å²) in [5.74, 6) is -2.70. The third-order valence-electron chi connectivity index (χ3n) is 5.26. The normalized spacial score (nSPS) is 18.1. The molecule has 0 unspecified atom stereocenters. The molecule has 1 atom stereocenters. The molecule has 0 saturated carbocycles. The number of benzene rings is 1. The second kappa shape index (κ2) is 10.9. The zero-order chi connectivity index (χ0) is 25.0. The third-order valence-corrected chi connectivity index (χ3v) is 5.54. The molecule has 186 valence electrons. The van der Waals surface area contributed by atoms with Crippen molar-refractivity contribution in [2.45, 2.75) is 13.0 Å². The fraction of sp³-hybridized carbons (Fsp3) is 0.500. The predicted molar refractivity (Wildman–Crippen MR) is 117 cm³/mol. The van der Waals surface area contributed by atoms with E-state index in [0.717, 1.165) is 22.1 Å². The Labute approximate surface area is 199 Å². The lowest BCUT2D eigenvalue weighted by molar-refractivity contribution is -0.150. The van der Waals surface area contributed by atoms with Gasteiger partial charge in [-0.15, -0.1) is 0 Å². The van der Waals surface area contributed by atoms with Crippen molar-refractivity contribution >= 4 is 47.2 Å². The van der Waals surface area contributed by atoms with Crippen LogP contribution in [0.1, 0.15) is 6.92 Å². The molecule has 0 spiro atoms. The van der Waals surface area contributed by atoms with Crippen molar-refractivity contribution in [3.8, 4) is 0 Å². The summed E-state index contributed by atoms with van der Waals surface area (Å²) in [6.07, 6.45) is -1.56. The quantitative estimate of drug-likeness (QED) is 0.339. The Morgan fingerprint density at radius 1 is 1.18 bits per heavy atom. The lowest BCUT2D eigenvalue weighted by Gasteiger charge is -2.36. The molecule has 0 aliphatic carbocycles. The molecule has 2 saturated heterocycles. The van der Waals surface area contributed by atoms with E-state index in [1.807, 2.05) is 0 Å². The standard InChI is InChI=1S/C20H24F2N4O7S/c1-12(27)31-11-17(28)24-3-5-25(6-4-24)18-15(21)7-13(8-16(18)22)26-9-14(33-19(26)29)10-32-23(2)20(30)34/h7-8,14H,3-6,9-11H2,1-2H3,(H,30,34)/t14-/m0/s1. The molecule has 34 heavy (non-hydrogen) atoms. The summed E-state index contributed by atoms with van der Waals surface area (Å²) >= 11 is 3.59. The Morgan fingerprint density at radius 2 is 1.79 bits per heavy atom. The SMILES string of the molecule is CC(=O)OCC(=O)N1CCN(c2c(F)cc(N3C[C@@H](CON(C)C(=O)S)OC3=O)cc2F)CC1. The monoisotopic (exact) mass is 502 g/mol. The van der Waals surface area contributed by atoms with E-state index < -0.39 is 35.0 Å². The summed E-state index contributed by atoms with van der Waals surface area (Å²) < 4.78 is 39.6. The van der Waals surface area contributed by atoms with E-state index in [4.69, 9.17) is 9.57 Å². The summed E-state index contributed by atoms with van der Waals surface area (Å²) in [4.78, 5) is 55.3. The fourth-order valence-corrected chi connectivity index (χ4v) is 3.57. The Kier molecular flexibility index (Phi) is 8.15. The molecule has 0 radical (unpaired) electrons. The molecular formula is C20H24F2N4O7S. The lowest BCUT2D eigenvalue weighted by Crippen LogP contribution is -2.50. The van der Waals surface area contributed by atoms with Gasteiger partial charge in [0, 0.05) is 52.3 Å². The van der Waals surface area contributed by atoms with Crippen molar-refractivity contribution in [1.29, 1.82) is 0 Å². The highest BCUT2D eigenvalue weighted by Crippen LogP contribution is 2.31. The van der Waals surface area contributed by atoms with Gasteiger partial charge in [0.15, 0.2) is 18.2 Å². The highest BCUT2D eigenvalue weighted by atomic mass is 32.1. The van der Waals surface area contributed by atoms with Crippen molar-refractivity contribution < 1.29 is 42.3 Å². The van der Waals surface area contributed by atoms with Crippen molar-refractivity contribution in [3.05, 3.63) is 23.8 Å². The van der Waals surface area contributed by atoms with Gasteiger partial charge in [-0.2, -0.15) is 0 Å². The number of cyclic esters (lactones) is 1. The Bertz CT molecular complexity index is 951. The fourth-order valence-electron chi connectivity index (χ4n) is 3.51. The third kappa shape index (κ3) is 6.05. The highest BCUT2D eigenvalue weighted by Gasteiger charge is 2.35. The van der Waals surface area contributed by atoms with Gasteiger partial charge in [-0.1, -0.05) is 12.6 Å². The van der Waals surface area contributed by atoms with Gasteiger partial charge in [0.25, 0.3) is 5.91 Å². The largest absolute Gasteiger partial charge is 0.456 e. The van der Waals surface area contributed by atoms with E-state index in [9.17, 15) is 28.0 Å². The number of carbonyl (C=O) groups is 4. The van der Waals surface area contributed by atoms with Gasteiger partial charge >= 0.3 is 17.3 Å². The van der Waals surface area contributed by atoms with Crippen LogP contribution in [0.2, 0.25) is 0 Å². The predicted octanol–water partition coefficient (Wildman–Crippen LogP) is 1.41. The first kappa shape index (κ1) is 25.5. The number of thiol groups is 1. The second-order valence-corrected chi connectivity index (χ2v) is 7.98. The zero-order valence-corrected chi connectivity index (χ0v) is 19.4. The minimum absolute atomic E-state index is 0.0277. The molecule has 2 fully saturated rings. The molecule has 0 bridgehead atoms. The van der Waals surface area contributed by atoms with Crippen molar-refractivity contribution in [3.63, 3.8) is 0 Å². The number of esters is 1. The summed E-state index contributed by atoms with van der Waals surface area (Å²) in [6, 6.07) is 2.06. The number of ether oxygens (including phenoxy) is 2. The highest BCUT2D eigenvalue weighted by molar-refractivity contribution is 7.96. The molecular weight excluding hydrogens is 478 g/mol. The summed E-state index contributed by atoms with van der Waals surface area (Å²) in [5, 5.41) is 0.215. The lowest BCUT2D eigenvalue weighted by atomic mass is 10.2. The van der Waals surface area contributed by atoms with Crippen LogP contribution >= 0.6 is 12.6 Å². The van der Waals surface area contributed by atoms with E-state index in [1.54, 1.807) is 0 Å². The molecule has 3 amide bonds. The molecule has 11 nitrogen and oxygen atoms in total. The number of rotatable bonds is 7. The van der Waals surface area contributed by atoms with E-state index in [2.05, 4.69) is 17.4 Å². The van der Waals surface area contributed by atoms with Gasteiger partial charge in [-0.25, -0.2) is 18.6 Å². The van der Waals surface area contributed by atoms with Crippen molar-refractivity contribution in [2.24, 2.45) is 0 Å².